The fourth-order valence-electron chi connectivity index (χ4n) is 3.48. The molecule has 0 bridgehead atoms. The molecule has 2 aromatic carbocycles. The van der Waals surface area contributed by atoms with Crippen LogP contribution in [0.5, 0.6) is 5.75 Å². The number of nitrogens with zero attached hydrogens (tertiary/aromatic N) is 2. The van der Waals surface area contributed by atoms with Crippen molar-refractivity contribution in [3.8, 4) is 5.75 Å². The van der Waals surface area contributed by atoms with Crippen LogP contribution in [0.1, 0.15) is 12.5 Å². The monoisotopic (exact) mass is 503 g/mol. The molecule has 9 nitrogen and oxygen atoms in total. The highest BCUT2D eigenvalue weighted by atomic mass is 32.1. The Morgan fingerprint density at radius 3 is 2.66 bits per heavy atom. The topological polar surface area (TPSA) is 96.5 Å². The number of oxime groups is 1. The Kier molecular flexibility index (Phi) is 9.62. The molecule has 1 unspecified atom stereocenters. The Hall–Kier alpha value is -3.44. The van der Waals surface area contributed by atoms with Crippen LogP contribution < -0.4 is 25.6 Å². The van der Waals surface area contributed by atoms with E-state index >= 15 is 0 Å². The van der Waals surface area contributed by atoms with Gasteiger partial charge >= 0.3 is 6.09 Å². The maximum Gasteiger partial charge on any atom is 0.414 e. The molecular formula is C24H30FN5O4S. The third kappa shape index (κ3) is 7.52. The zero-order valence-electron chi connectivity index (χ0n) is 20.0. The third-order valence-corrected chi connectivity index (χ3v) is 5.40. The first-order chi connectivity index (χ1) is 16.9. The first-order valence-corrected chi connectivity index (χ1v) is 11.5. The summed E-state index contributed by atoms with van der Waals surface area (Å²) in [7, 11) is 3.11. The van der Waals surface area contributed by atoms with Crippen LogP contribution in [0.25, 0.3) is 0 Å². The van der Waals surface area contributed by atoms with Gasteiger partial charge in [0, 0.05) is 25.2 Å². The van der Waals surface area contributed by atoms with E-state index in [-0.39, 0.29) is 6.10 Å². The Morgan fingerprint density at radius 1 is 1.23 bits per heavy atom. The van der Waals surface area contributed by atoms with E-state index in [0.717, 1.165) is 17.0 Å². The van der Waals surface area contributed by atoms with Crippen LogP contribution in [-0.4, -0.2) is 69.8 Å². The first-order valence-electron chi connectivity index (χ1n) is 11.1. The number of nitrogens with one attached hydrogen (secondary N) is 3. The van der Waals surface area contributed by atoms with Gasteiger partial charge < -0.3 is 30.3 Å². The number of anilines is 2. The van der Waals surface area contributed by atoms with Crippen LogP contribution in [0.4, 0.5) is 20.6 Å². The van der Waals surface area contributed by atoms with Gasteiger partial charge in [-0.05, 0) is 49.4 Å². The molecule has 35 heavy (non-hydrogen) atoms. The summed E-state index contributed by atoms with van der Waals surface area (Å²) in [5, 5.41) is 13.4. The summed E-state index contributed by atoms with van der Waals surface area (Å²) in [5.74, 6) is 0.307. The predicted molar refractivity (Wildman–Crippen MR) is 138 cm³/mol. The van der Waals surface area contributed by atoms with Gasteiger partial charge in [0.05, 0.1) is 36.6 Å². The van der Waals surface area contributed by atoms with Gasteiger partial charge in [0.25, 0.3) is 0 Å². The van der Waals surface area contributed by atoms with Gasteiger partial charge in [0.1, 0.15) is 30.5 Å². The second kappa shape index (κ2) is 12.9. The van der Waals surface area contributed by atoms with Gasteiger partial charge in [0.15, 0.2) is 0 Å². The highest BCUT2D eigenvalue weighted by molar-refractivity contribution is 7.80. The van der Waals surface area contributed by atoms with E-state index in [4.69, 9.17) is 26.5 Å². The second-order valence-electron chi connectivity index (χ2n) is 7.77. The van der Waals surface area contributed by atoms with Gasteiger partial charge in [-0.1, -0.05) is 17.4 Å². The highest BCUT2D eigenvalue weighted by Crippen LogP contribution is 2.26. The van der Waals surface area contributed by atoms with E-state index in [1.165, 1.54) is 18.1 Å². The summed E-state index contributed by atoms with van der Waals surface area (Å²) in [6, 6.07) is 12.1. The third-order valence-electron chi connectivity index (χ3n) is 5.25. The number of methoxy groups -OCH3 is 1. The molecule has 0 aliphatic carbocycles. The molecule has 0 saturated carbocycles. The number of thiocarbonyl (C=S) groups is 1. The second-order valence-corrected chi connectivity index (χ2v) is 8.38. The summed E-state index contributed by atoms with van der Waals surface area (Å²) in [6.07, 6.45) is -0.856. The molecule has 1 amide bonds. The summed E-state index contributed by atoms with van der Waals surface area (Å²) in [5.41, 5.74) is 2.43. The minimum Gasteiger partial charge on any atom is -0.497 e. The number of rotatable bonds is 12. The molecule has 11 heteroatoms. The smallest absolute Gasteiger partial charge is 0.414 e. The van der Waals surface area contributed by atoms with Crippen LogP contribution in [0.3, 0.4) is 0 Å². The summed E-state index contributed by atoms with van der Waals surface area (Å²) in [4.78, 5) is 19.2. The van der Waals surface area contributed by atoms with Gasteiger partial charge in [-0.3, -0.25) is 4.90 Å². The SMILES string of the molecule is CO/N=C(\CNCCNc1ccc(N2CC(CNC(C)=S)OC2=O)cc1F)c1ccc(OC)cc1. The average Bonchev–Trinajstić information content (AvgIpc) is 3.23. The zero-order chi connectivity index (χ0) is 25.2. The lowest BCUT2D eigenvalue weighted by molar-refractivity contribution is 0.143. The number of hydrogen-bond acceptors (Lipinski definition) is 8. The van der Waals surface area contributed by atoms with Crippen LogP contribution in [-0.2, 0) is 9.57 Å². The highest BCUT2D eigenvalue weighted by Gasteiger charge is 2.32. The van der Waals surface area contributed by atoms with E-state index in [1.807, 2.05) is 24.3 Å². The van der Waals surface area contributed by atoms with Gasteiger partial charge in [0.2, 0.25) is 0 Å². The van der Waals surface area contributed by atoms with E-state index in [2.05, 4.69) is 21.1 Å². The average molecular weight is 504 g/mol. The van der Waals surface area contributed by atoms with Crippen molar-refractivity contribution in [3.05, 3.63) is 53.8 Å². The van der Waals surface area contributed by atoms with Crippen molar-refractivity contribution >= 4 is 40.4 Å². The lowest BCUT2D eigenvalue weighted by Gasteiger charge is -2.15. The van der Waals surface area contributed by atoms with Gasteiger partial charge in [-0.15, -0.1) is 0 Å². The maximum atomic E-state index is 14.7. The van der Waals surface area contributed by atoms with E-state index in [0.29, 0.717) is 49.1 Å². The quantitative estimate of drug-likeness (QED) is 0.176. The normalized spacial score (nSPS) is 15.5. The lowest BCUT2D eigenvalue weighted by Crippen LogP contribution is -2.32. The minimum absolute atomic E-state index is 0.324. The molecule has 0 spiro atoms. The largest absolute Gasteiger partial charge is 0.497 e. The number of hydrogen-bond donors (Lipinski definition) is 3. The molecule has 3 N–H and O–H groups in total. The predicted octanol–water partition coefficient (Wildman–Crippen LogP) is 3.15. The van der Waals surface area contributed by atoms with Crippen molar-refractivity contribution in [2.24, 2.45) is 5.16 Å². The van der Waals surface area contributed by atoms with Crippen molar-refractivity contribution in [3.63, 3.8) is 0 Å². The molecule has 0 aromatic heterocycles. The molecule has 1 saturated heterocycles. The van der Waals surface area contributed by atoms with Gasteiger partial charge in [-0.2, -0.15) is 0 Å². The minimum atomic E-state index is -0.506. The Bertz CT molecular complexity index is 1050. The van der Waals surface area contributed by atoms with Crippen LogP contribution in [0.15, 0.2) is 47.6 Å². The molecule has 1 fully saturated rings. The summed E-state index contributed by atoms with van der Waals surface area (Å²) in [6.45, 7) is 4.01. The number of cyclic esters (lactones) is 1. The number of halogens is 1. The Morgan fingerprint density at radius 2 is 2.00 bits per heavy atom. The molecule has 3 rings (SSSR count). The number of carbonyl (C=O) groups is 1. The standard InChI is InChI=1S/C24H30FN5O4S/c1-16(35)28-13-20-15-30(24(31)34-20)18-6-9-22(21(25)12-18)27-11-10-26-14-23(29-33-3)17-4-7-19(32-2)8-5-17/h4-9,12,20,26-27H,10-11,13-15H2,1-3H3,(H,28,35)/b29-23+. The van der Waals surface area contributed by atoms with E-state index in [9.17, 15) is 9.18 Å². The molecule has 1 aliphatic heterocycles. The molecule has 1 aliphatic rings. The van der Waals surface area contributed by atoms with E-state index in [1.54, 1.807) is 26.2 Å². The van der Waals surface area contributed by atoms with Crippen LogP contribution in [0.2, 0.25) is 0 Å². The lowest BCUT2D eigenvalue weighted by atomic mass is 10.1. The van der Waals surface area contributed by atoms with Crippen LogP contribution in [0, 0.1) is 5.82 Å². The Balaban J connectivity index is 1.47. The van der Waals surface area contributed by atoms with Crippen molar-refractivity contribution in [1.29, 1.82) is 0 Å². The Labute approximate surface area is 209 Å². The first kappa shape index (κ1) is 26.2. The van der Waals surface area contributed by atoms with Crippen molar-refractivity contribution in [1.82, 2.24) is 10.6 Å². The van der Waals surface area contributed by atoms with Gasteiger partial charge in [-0.25, -0.2) is 9.18 Å². The van der Waals surface area contributed by atoms with Crippen LogP contribution >= 0.6 is 12.2 Å². The van der Waals surface area contributed by atoms with Crippen molar-refractivity contribution in [2.45, 2.75) is 13.0 Å². The van der Waals surface area contributed by atoms with Crippen molar-refractivity contribution in [2.75, 3.05) is 57.2 Å². The molecular weight excluding hydrogens is 473 g/mol. The molecule has 1 atom stereocenters. The van der Waals surface area contributed by atoms with E-state index < -0.39 is 11.9 Å². The molecule has 2 aromatic rings. The fraction of sp³-hybridized carbons (Fsp3) is 0.375. The summed E-state index contributed by atoms with van der Waals surface area (Å²) < 4.78 is 25.2. The summed E-state index contributed by atoms with van der Waals surface area (Å²) >= 11 is 4.98. The van der Waals surface area contributed by atoms with Crippen molar-refractivity contribution < 1.29 is 23.5 Å². The molecule has 0 radical (unpaired) electrons. The fourth-order valence-corrected chi connectivity index (χ4v) is 3.57. The molecule has 188 valence electrons. The molecule has 1 heterocycles. The number of ether oxygens (including phenoxy) is 2. The zero-order valence-corrected chi connectivity index (χ0v) is 20.8. The maximum absolute atomic E-state index is 14.7. The number of benzene rings is 2. The number of carbonyl (C=O) groups excluding carboxylic acids is 1. The number of amides is 1.